The smallest absolute Gasteiger partial charge is 0.416 e. The number of nitrogens with two attached hydrogens (primary N) is 1. The first-order chi connectivity index (χ1) is 11.3. The zero-order chi connectivity index (χ0) is 17.7. The van der Waals surface area contributed by atoms with Crippen molar-refractivity contribution in [2.75, 3.05) is 11.9 Å². The van der Waals surface area contributed by atoms with Gasteiger partial charge in [-0.1, -0.05) is 13.3 Å². The third kappa shape index (κ3) is 4.87. The maximum atomic E-state index is 12.9. The Bertz CT molecular complexity index is 575. The van der Waals surface area contributed by atoms with Gasteiger partial charge in [0.25, 0.3) is 0 Å². The normalized spacial score (nSPS) is 20.9. The fourth-order valence-electron chi connectivity index (χ4n) is 2.90. The molecule has 0 aliphatic heterocycles. The zero-order valence-corrected chi connectivity index (χ0v) is 13.7. The highest BCUT2D eigenvalue weighted by atomic mass is 19.4. The lowest BCUT2D eigenvalue weighted by Crippen LogP contribution is -2.28. The molecule has 1 aliphatic carbocycles. The molecule has 0 saturated heterocycles. The Morgan fingerprint density at radius 2 is 2.12 bits per heavy atom. The van der Waals surface area contributed by atoms with E-state index in [2.05, 4.69) is 5.32 Å². The molecule has 1 aromatic rings. The molecule has 0 unspecified atom stereocenters. The van der Waals surface area contributed by atoms with Crippen LogP contribution in [0.4, 0.5) is 18.9 Å². The molecule has 1 aromatic carbocycles. The predicted octanol–water partition coefficient (Wildman–Crippen LogP) is 3.95. The Labute approximate surface area is 139 Å². The van der Waals surface area contributed by atoms with Gasteiger partial charge in [0.1, 0.15) is 5.75 Å². The highest BCUT2D eigenvalue weighted by Gasteiger charge is 2.32. The lowest BCUT2D eigenvalue weighted by molar-refractivity contribution is -0.137. The van der Waals surface area contributed by atoms with Gasteiger partial charge in [-0.15, -0.1) is 0 Å². The summed E-state index contributed by atoms with van der Waals surface area (Å²) in [5.41, 5.74) is 5.17. The van der Waals surface area contributed by atoms with E-state index in [1.807, 2.05) is 6.92 Å². The molecule has 1 amide bonds. The maximum Gasteiger partial charge on any atom is 0.416 e. The molecule has 0 spiro atoms. The summed E-state index contributed by atoms with van der Waals surface area (Å²) < 4.78 is 44.1. The first kappa shape index (κ1) is 18.6. The van der Waals surface area contributed by atoms with Crippen LogP contribution in [0.1, 0.15) is 44.6 Å². The molecule has 0 aromatic heterocycles. The summed E-state index contributed by atoms with van der Waals surface area (Å²) in [5.74, 6) is -0.0113. The van der Waals surface area contributed by atoms with E-state index in [0.29, 0.717) is 13.0 Å². The fraction of sp³-hybridized carbons (Fsp3) is 0.588. The van der Waals surface area contributed by atoms with E-state index in [1.165, 1.54) is 6.07 Å². The highest BCUT2D eigenvalue weighted by molar-refractivity contribution is 5.92. The van der Waals surface area contributed by atoms with Gasteiger partial charge in [-0.25, -0.2) is 0 Å². The van der Waals surface area contributed by atoms with E-state index in [4.69, 9.17) is 10.5 Å². The molecular formula is C17H23F3N2O2. The van der Waals surface area contributed by atoms with Crippen LogP contribution in [0.2, 0.25) is 0 Å². The number of alkyl halides is 3. The average Bonchev–Trinajstić information content (AvgIpc) is 2.90. The topological polar surface area (TPSA) is 64.3 Å². The molecule has 1 aliphatic rings. The summed E-state index contributed by atoms with van der Waals surface area (Å²) in [7, 11) is 0. The molecule has 4 nitrogen and oxygen atoms in total. The van der Waals surface area contributed by atoms with Crippen LogP contribution in [0.5, 0.6) is 5.75 Å². The van der Waals surface area contributed by atoms with Crippen molar-refractivity contribution in [1.29, 1.82) is 0 Å². The van der Waals surface area contributed by atoms with Crippen LogP contribution < -0.4 is 15.8 Å². The van der Waals surface area contributed by atoms with Crippen LogP contribution in [-0.4, -0.2) is 18.6 Å². The standard InChI is InChI=1S/C17H23F3N2O2/c1-2-8-24-15-7-6-12(17(18,19)20)10-14(15)22-16(23)9-11-4-3-5-13(11)21/h6-7,10-11,13H,2-5,8-9,21H2,1H3,(H,22,23)/t11-,13+/m0/s1. The van der Waals surface area contributed by atoms with E-state index < -0.39 is 11.7 Å². The second-order valence-electron chi connectivity index (χ2n) is 6.16. The zero-order valence-electron chi connectivity index (χ0n) is 13.7. The third-order valence-corrected chi connectivity index (χ3v) is 4.21. The first-order valence-corrected chi connectivity index (χ1v) is 8.20. The van der Waals surface area contributed by atoms with E-state index in [1.54, 1.807) is 0 Å². The van der Waals surface area contributed by atoms with Crippen molar-refractivity contribution in [3.8, 4) is 5.75 Å². The van der Waals surface area contributed by atoms with E-state index in [9.17, 15) is 18.0 Å². The minimum absolute atomic E-state index is 0.0203. The van der Waals surface area contributed by atoms with E-state index in [-0.39, 0.29) is 35.7 Å². The number of anilines is 1. The number of carbonyl (C=O) groups is 1. The Hall–Kier alpha value is -1.76. The number of carbonyl (C=O) groups excluding carboxylic acids is 1. The molecule has 0 radical (unpaired) electrons. The monoisotopic (exact) mass is 344 g/mol. The minimum Gasteiger partial charge on any atom is -0.491 e. The summed E-state index contributed by atoms with van der Waals surface area (Å²) in [4.78, 5) is 12.2. The Balaban J connectivity index is 2.13. The van der Waals surface area contributed by atoms with Crippen molar-refractivity contribution in [3.05, 3.63) is 23.8 Å². The molecule has 2 rings (SSSR count). The van der Waals surface area contributed by atoms with Crippen molar-refractivity contribution < 1.29 is 22.7 Å². The van der Waals surface area contributed by atoms with Gasteiger partial charge in [0.05, 0.1) is 17.9 Å². The number of benzene rings is 1. The largest absolute Gasteiger partial charge is 0.491 e. The summed E-state index contributed by atoms with van der Waals surface area (Å²) in [5, 5.41) is 2.56. The summed E-state index contributed by atoms with van der Waals surface area (Å²) >= 11 is 0. The predicted molar refractivity (Wildman–Crippen MR) is 85.8 cm³/mol. The van der Waals surface area contributed by atoms with Gasteiger partial charge in [-0.3, -0.25) is 4.79 Å². The van der Waals surface area contributed by atoms with Crippen LogP contribution in [0.15, 0.2) is 18.2 Å². The SMILES string of the molecule is CCCOc1ccc(C(F)(F)F)cc1NC(=O)C[C@@H]1CCC[C@H]1N. The van der Waals surface area contributed by atoms with Gasteiger partial charge in [0.15, 0.2) is 0 Å². The van der Waals surface area contributed by atoms with Crippen LogP contribution in [0.25, 0.3) is 0 Å². The van der Waals surface area contributed by atoms with Crippen LogP contribution in [0, 0.1) is 5.92 Å². The van der Waals surface area contributed by atoms with E-state index in [0.717, 1.165) is 31.4 Å². The van der Waals surface area contributed by atoms with Crippen molar-refractivity contribution in [3.63, 3.8) is 0 Å². The summed E-state index contributed by atoms with van der Waals surface area (Å²) in [6.07, 6.45) is -0.817. The molecule has 3 N–H and O–H groups in total. The summed E-state index contributed by atoms with van der Waals surface area (Å²) in [6.45, 7) is 2.26. The van der Waals surface area contributed by atoms with Gasteiger partial charge < -0.3 is 15.8 Å². The number of hydrogen-bond donors (Lipinski definition) is 2. The van der Waals surface area contributed by atoms with Crippen molar-refractivity contribution in [2.24, 2.45) is 11.7 Å². The number of hydrogen-bond acceptors (Lipinski definition) is 3. The average molecular weight is 344 g/mol. The van der Waals surface area contributed by atoms with Gasteiger partial charge in [-0.05, 0) is 43.4 Å². The number of nitrogens with one attached hydrogen (secondary N) is 1. The molecule has 134 valence electrons. The van der Waals surface area contributed by atoms with Crippen LogP contribution >= 0.6 is 0 Å². The number of ether oxygens (including phenoxy) is 1. The minimum atomic E-state index is -4.48. The Morgan fingerprint density at radius 3 is 2.71 bits per heavy atom. The van der Waals surface area contributed by atoms with Gasteiger partial charge in [-0.2, -0.15) is 13.2 Å². The van der Waals surface area contributed by atoms with Gasteiger partial charge >= 0.3 is 6.18 Å². The van der Waals surface area contributed by atoms with Crippen LogP contribution in [0.3, 0.4) is 0 Å². The number of halogens is 3. The van der Waals surface area contributed by atoms with Crippen molar-refractivity contribution in [2.45, 2.75) is 51.2 Å². The van der Waals surface area contributed by atoms with Crippen molar-refractivity contribution in [1.82, 2.24) is 0 Å². The van der Waals surface area contributed by atoms with Gasteiger partial charge in [0.2, 0.25) is 5.91 Å². The van der Waals surface area contributed by atoms with Crippen molar-refractivity contribution >= 4 is 11.6 Å². The van der Waals surface area contributed by atoms with Gasteiger partial charge in [0, 0.05) is 12.5 Å². The molecule has 1 saturated carbocycles. The molecule has 1 fully saturated rings. The molecule has 0 heterocycles. The quantitative estimate of drug-likeness (QED) is 0.821. The maximum absolute atomic E-state index is 12.9. The molecule has 24 heavy (non-hydrogen) atoms. The number of rotatable bonds is 6. The third-order valence-electron chi connectivity index (χ3n) is 4.21. The summed E-state index contributed by atoms with van der Waals surface area (Å²) in [6, 6.07) is 3.09. The molecular weight excluding hydrogens is 321 g/mol. The van der Waals surface area contributed by atoms with E-state index >= 15 is 0 Å². The molecule has 2 atom stereocenters. The Morgan fingerprint density at radius 1 is 1.38 bits per heavy atom. The second-order valence-corrected chi connectivity index (χ2v) is 6.16. The fourth-order valence-corrected chi connectivity index (χ4v) is 2.90. The number of amides is 1. The molecule has 7 heteroatoms. The Kier molecular flexibility index (Phi) is 6.10. The highest BCUT2D eigenvalue weighted by Crippen LogP contribution is 2.35. The van der Waals surface area contributed by atoms with Crippen LogP contribution in [-0.2, 0) is 11.0 Å². The first-order valence-electron chi connectivity index (χ1n) is 8.20. The second kappa shape index (κ2) is 7.88. The molecule has 0 bridgehead atoms. The lowest BCUT2D eigenvalue weighted by atomic mass is 10.00. The lowest BCUT2D eigenvalue weighted by Gasteiger charge is -2.17.